The maximum Gasteiger partial charge on any atom is 0.235 e. The third-order valence-corrected chi connectivity index (χ3v) is 6.38. The summed E-state index contributed by atoms with van der Waals surface area (Å²) in [7, 11) is -1.54. The van der Waals surface area contributed by atoms with Crippen molar-refractivity contribution in [3.05, 3.63) is 47.4 Å². The van der Waals surface area contributed by atoms with Gasteiger partial charge in [-0.3, -0.25) is 4.31 Å². The molecule has 2 heterocycles. The molecule has 1 aliphatic rings. The van der Waals surface area contributed by atoms with Crippen LogP contribution in [0, 0.1) is 0 Å². The van der Waals surface area contributed by atoms with Gasteiger partial charge in [-0.05, 0) is 24.1 Å². The Labute approximate surface area is 167 Å². The van der Waals surface area contributed by atoms with E-state index in [1.54, 1.807) is 7.11 Å². The molecule has 8 heteroatoms. The average molecular weight is 405 g/mol. The lowest BCUT2D eigenvalue weighted by Gasteiger charge is -2.19. The third-order valence-electron chi connectivity index (χ3n) is 4.51. The fraction of sp³-hybridized carbons (Fsp3) is 0.500. The van der Waals surface area contributed by atoms with Gasteiger partial charge >= 0.3 is 0 Å². The summed E-state index contributed by atoms with van der Waals surface area (Å²) in [5.74, 6) is 1.70. The Morgan fingerprint density at radius 2 is 2.00 bits per heavy atom. The highest BCUT2D eigenvalue weighted by Crippen LogP contribution is 2.25. The number of hydrogen-bond donors (Lipinski definition) is 1. The van der Waals surface area contributed by atoms with Crippen LogP contribution in [0.2, 0.25) is 0 Å². The molecule has 0 bridgehead atoms. The van der Waals surface area contributed by atoms with Crippen molar-refractivity contribution < 1.29 is 13.2 Å². The van der Waals surface area contributed by atoms with Crippen molar-refractivity contribution in [2.45, 2.75) is 45.8 Å². The predicted molar refractivity (Wildman–Crippen MR) is 111 cm³/mol. The summed E-state index contributed by atoms with van der Waals surface area (Å²) in [5, 5.41) is 3.34. The van der Waals surface area contributed by atoms with Crippen molar-refractivity contribution in [1.29, 1.82) is 0 Å². The molecule has 1 N–H and O–H groups in total. The van der Waals surface area contributed by atoms with Gasteiger partial charge in [-0.25, -0.2) is 18.4 Å². The van der Waals surface area contributed by atoms with Crippen LogP contribution in [0.1, 0.15) is 44.3 Å². The number of hydrogen-bond acceptors (Lipinski definition) is 6. The largest absolute Gasteiger partial charge is 0.378 e. The monoisotopic (exact) mass is 404 g/mol. The Bertz CT molecular complexity index is 939. The number of benzene rings is 1. The number of ether oxygens (including phenoxy) is 1. The summed E-state index contributed by atoms with van der Waals surface area (Å²) in [5.41, 5.74) is 2.35. The third kappa shape index (κ3) is 4.80. The van der Waals surface area contributed by atoms with Crippen LogP contribution in [0.15, 0.2) is 30.3 Å². The first kappa shape index (κ1) is 20.5. The van der Waals surface area contributed by atoms with Crippen LogP contribution in [0.5, 0.6) is 0 Å². The van der Waals surface area contributed by atoms with Crippen LogP contribution in [0.25, 0.3) is 0 Å². The Kier molecular flexibility index (Phi) is 5.90. The molecule has 1 aliphatic heterocycles. The van der Waals surface area contributed by atoms with Gasteiger partial charge in [0.05, 0.1) is 23.7 Å². The van der Waals surface area contributed by atoms with Crippen LogP contribution in [-0.2, 0) is 33.3 Å². The highest BCUT2D eigenvalue weighted by atomic mass is 32.2. The smallest absolute Gasteiger partial charge is 0.235 e. The van der Waals surface area contributed by atoms with E-state index in [4.69, 9.17) is 4.74 Å². The molecule has 152 valence electrons. The molecule has 0 aliphatic carbocycles. The van der Waals surface area contributed by atoms with E-state index < -0.39 is 10.0 Å². The molecule has 28 heavy (non-hydrogen) atoms. The van der Waals surface area contributed by atoms with Crippen molar-refractivity contribution in [3.8, 4) is 0 Å². The number of nitrogens with zero attached hydrogens (tertiary/aromatic N) is 3. The number of anilines is 2. The summed E-state index contributed by atoms with van der Waals surface area (Å²) in [6.45, 7) is 7.71. The Balaban J connectivity index is 1.79. The Hall–Kier alpha value is -2.19. The summed E-state index contributed by atoms with van der Waals surface area (Å²) in [6, 6.07) is 9.50. The van der Waals surface area contributed by atoms with Crippen LogP contribution < -0.4 is 9.62 Å². The second kappa shape index (κ2) is 8.05. The first-order valence-electron chi connectivity index (χ1n) is 9.40. The van der Waals surface area contributed by atoms with Gasteiger partial charge in [0, 0.05) is 31.7 Å². The summed E-state index contributed by atoms with van der Waals surface area (Å²) in [4.78, 5) is 9.22. The van der Waals surface area contributed by atoms with E-state index in [-0.39, 0.29) is 11.2 Å². The lowest BCUT2D eigenvalue weighted by atomic mass is 9.95. The molecular formula is C20H28N4O3S. The molecule has 3 rings (SSSR count). The van der Waals surface area contributed by atoms with Crippen LogP contribution in [0.3, 0.4) is 0 Å². The fourth-order valence-corrected chi connectivity index (χ4v) is 4.65. The van der Waals surface area contributed by atoms with E-state index in [0.717, 1.165) is 28.6 Å². The van der Waals surface area contributed by atoms with Crippen molar-refractivity contribution in [2.75, 3.05) is 29.0 Å². The summed E-state index contributed by atoms with van der Waals surface area (Å²) >= 11 is 0. The Morgan fingerprint density at radius 1 is 1.21 bits per heavy atom. The first-order valence-corrected chi connectivity index (χ1v) is 11.0. The van der Waals surface area contributed by atoms with Crippen molar-refractivity contribution in [3.63, 3.8) is 0 Å². The molecule has 1 aromatic carbocycles. The number of aromatic nitrogens is 2. The number of nitrogens with one attached hydrogen (secondary N) is 1. The molecule has 1 aromatic heterocycles. The van der Waals surface area contributed by atoms with Crippen LogP contribution >= 0.6 is 0 Å². The van der Waals surface area contributed by atoms with Gasteiger partial charge in [-0.2, -0.15) is 0 Å². The fourth-order valence-electron chi connectivity index (χ4n) is 3.09. The van der Waals surface area contributed by atoms with Gasteiger partial charge in [-0.1, -0.05) is 32.9 Å². The molecule has 0 spiro atoms. The van der Waals surface area contributed by atoms with Gasteiger partial charge in [0.25, 0.3) is 0 Å². The topological polar surface area (TPSA) is 84.4 Å². The van der Waals surface area contributed by atoms with E-state index in [1.807, 2.05) is 30.3 Å². The molecule has 0 atom stereocenters. The number of methoxy groups -OCH3 is 1. The summed E-state index contributed by atoms with van der Waals surface area (Å²) in [6.07, 6.45) is 0.670. The van der Waals surface area contributed by atoms with E-state index in [0.29, 0.717) is 26.1 Å². The minimum absolute atomic E-state index is 0.176. The summed E-state index contributed by atoms with van der Waals surface area (Å²) < 4.78 is 31.1. The zero-order valence-corrected chi connectivity index (χ0v) is 17.7. The number of sulfonamides is 1. The lowest BCUT2D eigenvalue weighted by molar-refractivity contribution is 0.181. The number of rotatable bonds is 6. The van der Waals surface area contributed by atoms with Gasteiger partial charge in [0.2, 0.25) is 10.0 Å². The van der Waals surface area contributed by atoms with Crippen molar-refractivity contribution >= 4 is 21.5 Å². The van der Waals surface area contributed by atoms with E-state index in [2.05, 4.69) is 36.1 Å². The minimum atomic E-state index is -3.18. The molecule has 0 saturated carbocycles. The standard InChI is InChI=1S/C20H28N4O3S/c1-20(2,3)19-22-16(14-27-4)12-18(23-19)21-13-15-7-5-8-17(11-15)24-9-6-10-28(24,25)26/h5,7-8,11-12H,6,9-10,13-14H2,1-4H3,(H,21,22,23). The predicted octanol–water partition coefficient (Wildman–Crippen LogP) is 3.07. The molecule has 2 aromatic rings. The van der Waals surface area contributed by atoms with Crippen LogP contribution in [-0.4, -0.2) is 37.8 Å². The van der Waals surface area contributed by atoms with E-state index >= 15 is 0 Å². The molecular weight excluding hydrogens is 376 g/mol. The highest BCUT2D eigenvalue weighted by Gasteiger charge is 2.28. The Morgan fingerprint density at radius 3 is 2.64 bits per heavy atom. The van der Waals surface area contributed by atoms with Crippen LogP contribution in [0.4, 0.5) is 11.5 Å². The normalized spacial score (nSPS) is 16.4. The highest BCUT2D eigenvalue weighted by molar-refractivity contribution is 7.93. The quantitative estimate of drug-likeness (QED) is 0.796. The van der Waals surface area contributed by atoms with Gasteiger partial charge < -0.3 is 10.1 Å². The lowest BCUT2D eigenvalue weighted by Crippen LogP contribution is -2.25. The molecule has 1 saturated heterocycles. The molecule has 0 radical (unpaired) electrons. The van der Waals surface area contributed by atoms with E-state index in [9.17, 15) is 8.42 Å². The second-order valence-electron chi connectivity index (χ2n) is 8.02. The second-order valence-corrected chi connectivity index (χ2v) is 10.0. The molecule has 0 amide bonds. The maximum absolute atomic E-state index is 12.2. The average Bonchev–Trinajstić information content (AvgIpc) is 2.99. The van der Waals surface area contributed by atoms with Crippen molar-refractivity contribution in [2.24, 2.45) is 0 Å². The van der Waals surface area contributed by atoms with Crippen molar-refractivity contribution in [1.82, 2.24) is 9.97 Å². The first-order chi connectivity index (χ1) is 13.2. The maximum atomic E-state index is 12.2. The van der Waals surface area contributed by atoms with Gasteiger partial charge in [-0.15, -0.1) is 0 Å². The molecule has 7 nitrogen and oxygen atoms in total. The SMILES string of the molecule is COCc1cc(NCc2cccc(N3CCCS3(=O)=O)c2)nc(C(C)(C)C)n1. The zero-order chi connectivity index (χ0) is 20.4. The minimum Gasteiger partial charge on any atom is -0.378 e. The van der Waals surface area contributed by atoms with Gasteiger partial charge in [0.1, 0.15) is 11.6 Å². The van der Waals surface area contributed by atoms with Gasteiger partial charge in [0.15, 0.2) is 0 Å². The molecule has 0 unspecified atom stereocenters. The van der Waals surface area contributed by atoms with E-state index in [1.165, 1.54) is 4.31 Å². The zero-order valence-electron chi connectivity index (χ0n) is 16.9. The molecule has 1 fully saturated rings.